The molecule has 5 N–H and O–H groups in total. The van der Waals surface area contributed by atoms with Gasteiger partial charge >= 0.3 is 5.97 Å². The molecule has 10 rings (SSSR count). The van der Waals surface area contributed by atoms with E-state index < -0.39 is 5.97 Å². The lowest BCUT2D eigenvalue weighted by Crippen LogP contribution is -2.53. The number of aliphatic hydroxyl groups is 2. The summed E-state index contributed by atoms with van der Waals surface area (Å²) in [6, 6.07) is 11.4. The maximum Gasteiger partial charge on any atom is 0.355 e. The minimum atomic E-state index is -1.09. The Hall–Kier alpha value is -4.54. The van der Waals surface area contributed by atoms with E-state index in [0.717, 1.165) is 82.8 Å². The molecule has 59 heavy (non-hydrogen) atoms. The fraction of sp³-hybridized carbons (Fsp3) is 0.545. The molecule has 312 valence electrons. The maximum atomic E-state index is 12.9. The molecular weight excluding hydrogens is 767 g/mol. The number of rotatable bonds is 14. The number of carboxylic acids is 1. The lowest BCUT2D eigenvalue weighted by atomic mass is 9.53. The summed E-state index contributed by atoms with van der Waals surface area (Å²) in [4.78, 5) is 24.4. The number of aromatic nitrogens is 6. The number of carboxylic acid groups (broad SMARTS) is 1. The summed E-state index contributed by atoms with van der Waals surface area (Å²) in [5.74, 6) is 1.68. The van der Waals surface area contributed by atoms with Gasteiger partial charge in [0.1, 0.15) is 5.82 Å². The Bertz CT molecular complexity index is 2350. The fourth-order valence-electron chi connectivity index (χ4n) is 11.7. The van der Waals surface area contributed by atoms with E-state index in [1.54, 1.807) is 17.5 Å². The number of aliphatic hydroxyl groups excluding tert-OH is 2. The summed E-state index contributed by atoms with van der Waals surface area (Å²) in [7, 11) is 0. The number of ether oxygens (including phenoxy) is 1. The van der Waals surface area contributed by atoms with Gasteiger partial charge in [0.2, 0.25) is 0 Å². The monoisotopic (exact) mass is 821 g/mol. The summed E-state index contributed by atoms with van der Waals surface area (Å²) >= 11 is 1.57. The molecule has 5 unspecified atom stereocenters. The average molecular weight is 822 g/mol. The molecule has 5 atom stereocenters. The van der Waals surface area contributed by atoms with Crippen LogP contribution in [0, 0.1) is 36.5 Å². The summed E-state index contributed by atoms with van der Waals surface area (Å²) < 4.78 is 9.98. The van der Waals surface area contributed by atoms with Crippen molar-refractivity contribution in [2.45, 2.75) is 97.2 Å². The fourth-order valence-corrected chi connectivity index (χ4v) is 12.5. The molecule has 1 aromatic carbocycles. The molecule has 5 aliphatic rings. The molecule has 4 fully saturated rings. The predicted molar refractivity (Wildman–Crippen MR) is 228 cm³/mol. The van der Waals surface area contributed by atoms with Crippen LogP contribution in [0.3, 0.4) is 0 Å². The van der Waals surface area contributed by atoms with Gasteiger partial charge < -0.3 is 35.6 Å². The van der Waals surface area contributed by atoms with Crippen molar-refractivity contribution in [2.24, 2.45) is 22.7 Å². The number of fused-ring (bicyclic) bond motifs is 3. The van der Waals surface area contributed by atoms with Crippen molar-refractivity contribution in [3.63, 3.8) is 0 Å². The van der Waals surface area contributed by atoms with Crippen LogP contribution < -0.4 is 15.5 Å². The number of anilines is 4. The second kappa shape index (κ2) is 15.5. The molecular formula is C44H55N9O5S. The van der Waals surface area contributed by atoms with E-state index in [2.05, 4.69) is 39.4 Å². The number of carbonyl (C=O) groups is 1. The summed E-state index contributed by atoms with van der Waals surface area (Å²) in [5, 5.41) is 51.0. The van der Waals surface area contributed by atoms with Gasteiger partial charge in [-0.25, -0.2) is 14.8 Å². The van der Waals surface area contributed by atoms with E-state index in [1.807, 2.05) is 55.1 Å². The Kier molecular flexibility index (Phi) is 10.5. The molecule has 14 nitrogen and oxygen atoms in total. The van der Waals surface area contributed by atoms with E-state index in [0.29, 0.717) is 54.5 Å². The number of benzene rings is 1. The smallest absolute Gasteiger partial charge is 0.355 e. The van der Waals surface area contributed by atoms with Crippen molar-refractivity contribution in [2.75, 3.05) is 43.1 Å². The first kappa shape index (κ1) is 39.9. The van der Waals surface area contributed by atoms with Crippen LogP contribution >= 0.6 is 11.3 Å². The molecule has 4 bridgehead atoms. The predicted octanol–water partition coefficient (Wildman–Crippen LogP) is 6.81. The van der Waals surface area contributed by atoms with Gasteiger partial charge in [-0.1, -0.05) is 37.3 Å². The normalized spacial score (nSPS) is 26.1. The largest absolute Gasteiger partial charge is 0.476 e. The number of aromatic carboxylic acids is 1. The molecule has 15 heteroatoms. The highest BCUT2D eigenvalue weighted by molar-refractivity contribution is 7.22. The molecule has 0 amide bonds. The third kappa shape index (κ3) is 7.60. The maximum absolute atomic E-state index is 12.9. The first-order chi connectivity index (χ1) is 28.4. The Morgan fingerprint density at radius 2 is 1.80 bits per heavy atom. The van der Waals surface area contributed by atoms with Crippen LogP contribution in [0.2, 0.25) is 0 Å². The first-order valence-electron chi connectivity index (χ1n) is 21.0. The topological polar surface area (TPSA) is 184 Å². The second-order valence-corrected chi connectivity index (χ2v) is 19.4. The zero-order chi connectivity index (χ0) is 41.1. The van der Waals surface area contributed by atoms with Crippen molar-refractivity contribution in [3.8, 4) is 11.1 Å². The van der Waals surface area contributed by atoms with E-state index >= 15 is 0 Å². The highest BCUT2D eigenvalue weighted by Gasteiger charge is 2.60. The van der Waals surface area contributed by atoms with Gasteiger partial charge in [-0.05, 0) is 112 Å². The second-order valence-electron chi connectivity index (χ2n) is 18.4. The van der Waals surface area contributed by atoms with Crippen LogP contribution in [-0.2, 0) is 17.7 Å². The van der Waals surface area contributed by atoms with Crippen molar-refractivity contribution in [3.05, 3.63) is 65.1 Å². The van der Waals surface area contributed by atoms with Gasteiger partial charge in [0.25, 0.3) is 0 Å². The Labute approximate surface area is 348 Å². The molecule has 0 spiro atoms. The van der Waals surface area contributed by atoms with Crippen LogP contribution in [0.25, 0.3) is 21.3 Å². The van der Waals surface area contributed by atoms with E-state index in [-0.39, 0.29) is 41.4 Å². The molecule has 4 saturated carbocycles. The Balaban J connectivity index is 0.937. The van der Waals surface area contributed by atoms with Gasteiger partial charge in [-0.2, -0.15) is 5.10 Å². The van der Waals surface area contributed by atoms with Crippen LogP contribution in [0.15, 0.2) is 42.6 Å². The number of para-hydroxylation sites is 1. The third-order valence-electron chi connectivity index (χ3n) is 13.6. The quantitative estimate of drug-likeness (QED) is 0.0737. The molecule has 1 aliphatic heterocycles. The van der Waals surface area contributed by atoms with Crippen molar-refractivity contribution < 1.29 is 24.9 Å². The molecule has 4 aliphatic carbocycles. The van der Waals surface area contributed by atoms with Gasteiger partial charge in [-0.3, -0.25) is 4.68 Å². The van der Waals surface area contributed by atoms with Crippen molar-refractivity contribution >= 4 is 50.1 Å². The number of pyridine rings is 1. The van der Waals surface area contributed by atoms with Crippen molar-refractivity contribution in [1.82, 2.24) is 35.3 Å². The first-order valence-corrected chi connectivity index (χ1v) is 21.8. The third-order valence-corrected chi connectivity index (χ3v) is 14.6. The van der Waals surface area contributed by atoms with Gasteiger partial charge in [0.05, 0.1) is 47.9 Å². The summed E-state index contributed by atoms with van der Waals surface area (Å²) in [5.41, 5.74) is 5.38. The number of hydrogen-bond acceptors (Lipinski definition) is 13. The van der Waals surface area contributed by atoms with Gasteiger partial charge in [0, 0.05) is 47.6 Å². The van der Waals surface area contributed by atoms with Crippen LogP contribution in [0.1, 0.15) is 86.1 Å². The number of thiazole rings is 1. The molecule has 0 saturated heterocycles. The van der Waals surface area contributed by atoms with E-state index in [9.17, 15) is 20.1 Å². The van der Waals surface area contributed by atoms with E-state index in [4.69, 9.17) is 19.8 Å². The SMILES string of the molecule is Cc1c(Nc2nc3ccccc3s2)nnc2c1CCCN2c1ccc(-c2cnn(CC3CC4(C)CC5(C)CC3CC(OCCNC(CO)CO)(C4)C5)c2C)c(C(=O)O)n1. The lowest BCUT2D eigenvalue weighted by molar-refractivity contribution is -0.163. The number of nitrogens with zero attached hydrogens (tertiary/aromatic N) is 7. The highest BCUT2D eigenvalue weighted by Crippen LogP contribution is 2.66. The number of hydrogen-bond donors (Lipinski definition) is 5. The molecule has 0 radical (unpaired) electrons. The molecule has 5 aromatic rings. The average Bonchev–Trinajstić information content (AvgIpc) is 3.75. The highest BCUT2D eigenvalue weighted by atomic mass is 32.1. The lowest BCUT2D eigenvalue weighted by Gasteiger charge is -2.56. The van der Waals surface area contributed by atoms with Crippen LogP contribution in [-0.4, -0.2) is 95.8 Å². The minimum Gasteiger partial charge on any atom is -0.476 e. The summed E-state index contributed by atoms with van der Waals surface area (Å²) in [6.45, 7) is 11.3. The van der Waals surface area contributed by atoms with Crippen LogP contribution in [0.4, 0.5) is 22.6 Å². The van der Waals surface area contributed by atoms with Crippen molar-refractivity contribution in [1.29, 1.82) is 0 Å². The number of nitrogens with one attached hydrogen (secondary N) is 2. The zero-order valence-corrected chi connectivity index (χ0v) is 35.2. The van der Waals surface area contributed by atoms with Gasteiger partial charge in [-0.15, -0.1) is 10.2 Å². The standard InChI is InChI=1S/C44H55N9O5S/c1-26-31-8-7-14-52(39(31)51-50-38(26)49-41-47-34-9-5-6-10-35(34)59-41)36-12-11-32(37(48-36)40(56)57)33-19-46-53(27(33)2)20-29-17-43(4)23-42(3)16-28(29)18-44(24-42,25-43)58-15-13-45-30(21-54)22-55/h5-6,9-12,19,28-30,45,54-55H,7-8,13-18,20-25H2,1-4H3,(H,56,57)(H,47,49,50). The molecule has 4 aromatic heterocycles. The Morgan fingerprint density at radius 1 is 1.00 bits per heavy atom. The Morgan fingerprint density at radius 3 is 2.58 bits per heavy atom. The minimum absolute atomic E-state index is 0.0141. The van der Waals surface area contributed by atoms with E-state index in [1.165, 1.54) is 12.8 Å². The van der Waals surface area contributed by atoms with Crippen LogP contribution in [0.5, 0.6) is 0 Å². The summed E-state index contributed by atoms with van der Waals surface area (Å²) in [6.07, 6.45) is 10.0. The van der Waals surface area contributed by atoms with Gasteiger partial charge in [0.15, 0.2) is 22.5 Å². The zero-order valence-electron chi connectivity index (χ0n) is 34.4. The molecule has 5 heterocycles.